The minimum Gasteiger partial charge on any atom is -0.340 e. The second-order valence-electron chi connectivity index (χ2n) is 6.23. The highest BCUT2D eigenvalue weighted by molar-refractivity contribution is 5.77. The standard InChI is InChI=1S/C17H26N2O/c1-13(2)11-15-9-6-10-19(15)17(20)12-16(18)14-7-4-3-5-8-14/h3-5,7-8,13,15-16H,6,9-12,18H2,1-2H3/t15-,16-/m1/s1. The quantitative estimate of drug-likeness (QED) is 0.896. The minimum absolute atomic E-state index is 0.191. The van der Waals surface area contributed by atoms with Crippen LogP contribution in [-0.4, -0.2) is 23.4 Å². The summed E-state index contributed by atoms with van der Waals surface area (Å²) in [6, 6.07) is 10.1. The Kier molecular flexibility index (Phi) is 5.18. The summed E-state index contributed by atoms with van der Waals surface area (Å²) in [5.41, 5.74) is 7.20. The van der Waals surface area contributed by atoms with Crippen LogP contribution < -0.4 is 5.73 Å². The second kappa shape index (κ2) is 6.89. The number of hydrogen-bond donors (Lipinski definition) is 1. The summed E-state index contributed by atoms with van der Waals surface area (Å²) in [6.45, 7) is 5.34. The molecule has 1 aromatic rings. The van der Waals surface area contributed by atoms with Crippen molar-refractivity contribution in [1.82, 2.24) is 4.90 Å². The molecule has 1 aliphatic rings. The van der Waals surface area contributed by atoms with Crippen molar-refractivity contribution < 1.29 is 4.79 Å². The van der Waals surface area contributed by atoms with Gasteiger partial charge in [-0.2, -0.15) is 0 Å². The van der Waals surface area contributed by atoms with Crippen molar-refractivity contribution in [3.05, 3.63) is 35.9 Å². The average Bonchev–Trinajstić information content (AvgIpc) is 2.87. The number of hydrogen-bond acceptors (Lipinski definition) is 2. The minimum atomic E-state index is -0.191. The van der Waals surface area contributed by atoms with Gasteiger partial charge in [0.1, 0.15) is 0 Å². The van der Waals surface area contributed by atoms with Crippen LogP contribution in [0.5, 0.6) is 0 Å². The van der Waals surface area contributed by atoms with Crippen molar-refractivity contribution in [3.63, 3.8) is 0 Å². The Morgan fingerprint density at radius 1 is 1.35 bits per heavy atom. The van der Waals surface area contributed by atoms with E-state index in [0.29, 0.717) is 18.4 Å². The lowest BCUT2D eigenvalue weighted by atomic mass is 10.0. The normalized spacial score (nSPS) is 20.4. The molecular weight excluding hydrogens is 248 g/mol. The number of nitrogens with zero attached hydrogens (tertiary/aromatic N) is 1. The van der Waals surface area contributed by atoms with Crippen molar-refractivity contribution in [2.24, 2.45) is 11.7 Å². The van der Waals surface area contributed by atoms with Crippen molar-refractivity contribution in [3.8, 4) is 0 Å². The predicted octanol–water partition coefficient (Wildman–Crippen LogP) is 3.11. The van der Waals surface area contributed by atoms with Gasteiger partial charge in [0, 0.05) is 25.0 Å². The van der Waals surface area contributed by atoms with Crippen LogP contribution in [0.1, 0.15) is 51.1 Å². The maximum atomic E-state index is 12.5. The SMILES string of the molecule is CC(C)C[C@H]1CCCN1C(=O)C[C@@H](N)c1ccccc1. The summed E-state index contributed by atoms with van der Waals surface area (Å²) < 4.78 is 0. The van der Waals surface area contributed by atoms with Gasteiger partial charge in [-0.25, -0.2) is 0 Å². The monoisotopic (exact) mass is 274 g/mol. The Morgan fingerprint density at radius 3 is 2.70 bits per heavy atom. The Morgan fingerprint density at radius 2 is 2.05 bits per heavy atom. The first-order valence-electron chi connectivity index (χ1n) is 7.68. The topological polar surface area (TPSA) is 46.3 Å². The van der Waals surface area contributed by atoms with Crippen LogP contribution in [0.25, 0.3) is 0 Å². The van der Waals surface area contributed by atoms with Crippen LogP contribution in [0, 0.1) is 5.92 Å². The Bertz CT molecular complexity index is 430. The fraction of sp³-hybridized carbons (Fsp3) is 0.588. The summed E-state index contributed by atoms with van der Waals surface area (Å²) >= 11 is 0. The molecule has 0 radical (unpaired) electrons. The van der Waals surface area contributed by atoms with E-state index >= 15 is 0 Å². The molecule has 0 unspecified atom stereocenters. The Balaban J connectivity index is 1.94. The van der Waals surface area contributed by atoms with Crippen molar-refractivity contribution in [2.75, 3.05) is 6.54 Å². The number of likely N-dealkylation sites (tertiary alicyclic amines) is 1. The molecule has 0 spiro atoms. The lowest BCUT2D eigenvalue weighted by Crippen LogP contribution is -2.37. The van der Waals surface area contributed by atoms with Crippen LogP contribution in [0.2, 0.25) is 0 Å². The zero-order valence-electron chi connectivity index (χ0n) is 12.6. The van der Waals surface area contributed by atoms with Crippen LogP contribution in [0.15, 0.2) is 30.3 Å². The molecule has 1 aromatic carbocycles. The van der Waals surface area contributed by atoms with Crippen LogP contribution in [0.3, 0.4) is 0 Å². The molecule has 3 heteroatoms. The molecule has 1 heterocycles. The van der Waals surface area contributed by atoms with Gasteiger partial charge in [0.05, 0.1) is 0 Å². The van der Waals surface area contributed by atoms with Crippen molar-refractivity contribution >= 4 is 5.91 Å². The van der Waals surface area contributed by atoms with E-state index in [4.69, 9.17) is 5.73 Å². The first-order chi connectivity index (χ1) is 9.58. The van der Waals surface area contributed by atoms with Gasteiger partial charge >= 0.3 is 0 Å². The average molecular weight is 274 g/mol. The third kappa shape index (κ3) is 3.83. The van der Waals surface area contributed by atoms with E-state index in [-0.39, 0.29) is 11.9 Å². The summed E-state index contributed by atoms with van der Waals surface area (Å²) in [4.78, 5) is 14.5. The molecule has 2 rings (SSSR count). The van der Waals surface area contributed by atoms with Crippen molar-refractivity contribution in [2.45, 2.75) is 51.6 Å². The van der Waals surface area contributed by atoms with Gasteiger partial charge in [0.2, 0.25) is 5.91 Å². The fourth-order valence-corrected chi connectivity index (χ4v) is 3.08. The van der Waals surface area contributed by atoms with Gasteiger partial charge in [0.25, 0.3) is 0 Å². The molecule has 2 N–H and O–H groups in total. The molecular formula is C17H26N2O. The van der Waals surface area contributed by atoms with Gasteiger partial charge < -0.3 is 10.6 Å². The number of carbonyl (C=O) groups is 1. The number of nitrogens with two attached hydrogens (primary N) is 1. The molecule has 1 saturated heterocycles. The van der Waals surface area contributed by atoms with Crippen LogP contribution in [0.4, 0.5) is 0 Å². The van der Waals surface area contributed by atoms with E-state index < -0.39 is 0 Å². The van der Waals surface area contributed by atoms with Crippen LogP contribution in [-0.2, 0) is 4.79 Å². The first kappa shape index (κ1) is 15.0. The largest absolute Gasteiger partial charge is 0.340 e. The first-order valence-corrected chi connectivity index (χ1v) is 7.68. The second-order valence-corrected chi connectivity index (χ2v) is 6.23. The number of amides is 1. The van der Waals surface area contributed by atoms with Gasteiger partial charge in [-0.1, -0.05) is 44.2 Å². The zero-order valence-corrected chi connectivity index (χ0v) is 12.6. The number of rotatable bonds is 5. The van der Waals surface area contributed by atoms with E-state index in [2.05, 4.69) is 18.7 Å². The summed E-state index contributed by atoms with van der Waals surface area (Å²) in [6.07, 6.45) is 3.79. The maximum absolute atomic E-state index is 12.5. The summed E-state index contributed by atoms with van der Waals surface area (Å²) in [5.74, 6) is 0.848. The summed E-state index contributed by atoms with van der Waals surface area (Å²) in [5, 5.41) is 0. The third-order valence-corrected chi connectivity index (χ3v) is 4.06. The molecule has 1 fully saturated rings. The van der Waals surface area contributed by atoms with E-state index in [0.717, 1.165) is 31.4 Å². The van der Waals surface area contributed by atoms with Gasteiger partial charge in [0.15, 0.2) is 0 Å². The van der Waals surface area contributed by atoms with E-state index in [1.165, 1.54) is 0 Å². The molecule has 0 aliphatic carbocycles. The molecule has 0 aromatic heterocycles. The molecule has 2 atom stereocenters. The van der Waals surface area contributed by atoms with E-state index in [1.807, 2.05) is 30.3 Å². The smallest absolute Gasteiger partial charge is 0.224 e. The Hall–Kier alpha value is -1.35. The van der Waals surface area contributed by atoms with Gasteiger partial charge in [-0.05, 0) is 30.7 Å². The summed E-state index contributed by atoms with van der Waals surface area (Å²) in [7, 11) is 0. The fourth-order valence-electron chi connectivity index (χ4n) is 3.08. The highest BCUT2D eigenvalue weighted by Gasteiger charge is 2.29. The number of benzene rings is 1. The molecule has 3 nitrogen and oxygen atoms in total. The Labute approximate surface area is 122 Å². The lowest BCUT2D eigenvalue weighted by molar-refractivity contribution is -0.132. The van der Waals surface area contributed by atoms with Crippen molar-refractivity contribution in [1.29, 1.82) is 0 Å². The van der Waals surface area contributed by atoms with Gasteiger partial charge in [-0.3, -0.25) is 4.79 Å². The van der Waals surface area contributed by atoms with Crippen LogP contribution >= 0.6 is 0 Å². The van der Waals surface area contributed by atoms with Gasteiger partial charge in [-0.15, -0.1) is 0 Å². The van der Waals surface area contributed by atoms with E-state index in [9.17, 15) is 4.79 Å². The molecule has 20 heavy (non-hydrogen) atoms. The third-order valence-electron chi connectivity index (χ3n) is 4.06. The van der Waals surface area contributed by atoms with E-state index in [1.54, 1.807) is 0 Å². The molecule has 1 amide bonds. The number of carbonyl (C=O) groups excluding carboxylic acids is 1. The molecule has 110 valence electrons. The predicted molar refractivity (Wildman–Crippen MR) is 82.2 cm³/mol. The maximum Gasteiger partial charge on any atom is 0.224 e. The zero-order chi connectivity index (χ0) is 14.5. The molecule has 1 aliphatic heterocycles. The highest BCUT2D eigenvalue weighted by atomic mass is 16.2. The molecule has 0 saturated carbocycles. The lowest BCUT2D eigenvalue weighted by Gasteiger charge is -2.27. The molecule has 0 bridgehead atoms. The highest BCUT2D eigenvalue weighted by Crippen LogP contribution is 2.25.